The number of hydrogen-bond donors (Lipinski definition) is 0. The minimum Gasteiger partial charge on any atom is -0.149 e. The van der Waals surface area contributed by atoms with Crippen LogP contribution < -0.4 is 0 Å². The van der Waals surface area contributed by atoms with E-state index in [2.05, 4.69) is 39.8 Å². The normalized spacial score (nSPS) is 49.2. The first kappa shape index (κ1) is 23.1. The second kappa shape index (κ2) is 8.35. The Morgan fingerprint density at radius 2 is 1.63 bits per heavy atom. The van der Waals surface area contributed by atoms with Gasteiger partial charge in [-0.25, -0.2) is 0 Å². The summed E-state index contributed by atoms with van der Waals surface area (Å²) in [6.07, 6.45) is 15.3. The summed E-state index contributed by atoms with van der Waals surface area (Å²) in [6, 6.07) is 0. The highest BCUT2D eigenvalue weighted by atomic mass is 35.5. The van der Waals surface area contributed by atoms with Crippen molar-refractivity contribution >= 4 is 11.6 Å². The molecule has 0 heterocycles. The second-order valence-electron chi connectivity index (χ2n) is 12.8. The van der Waals surface area contributed by atoms with E-state index in [-0.39, 0.29) is 11.3 Å². The molecule has 4 aliphatic rings. The summed E-state index contributed by atoms with van der Waals surface area (Å²) >= 11 is 6.85. The Morgan fingerprint density at radius 3 is 2.33 bits per heavy atom. The third kappa shape index (κ3) is 3.60. The average molecular weight is 436 g/mol. The van der Waals surface area contributed by atoms with Crippen LogP contribution >= 0.6 is 11.6 Å². The fourth-order valence-electron chi connectivity index (χ4n) is 9.57. The lowest BCUT2D eigenvalue weighted by Gasteiger charge is -2.62. The molecule has 0 saturated heterocycles. The molecule has 0 aromatic rings. The van der Waals surface area contributed by atoms with Gasteiger partial charge in [0.05, 0.1) is 0 Å². The summed E-state index contributed by atoms with van der Waals surface area (Å²) in [6.45, 7) is 12.4. The molecular weight excluding hydrogens is 390 g/mol. The van der Waals surface area contributed by atoms with Crippen molar-refractivity contribution in [1.82, 2.24) is 0 Å². The van der Waals surface area contributed by atoms with E-state index >= 15 is 0 Å². The Kier molecular flexibility index (Phi) is 6.42. The number of nitrogens with zero attached hydrogens (tertiary/aromatic N) is 1. The number of halogens is 1. The molecule has 0 N–H and O–H groups in total. The summed E-state index contributed by atoms with van der Waals surface area (Å²) in [5.41, 5.74) is 0.760. The molecule has 172 valence electrons. The van der Waals surface area contributed by atoms with E-state index in [0.29, 0.717) is 5.41 Å². The summed E-state index contributed by atoms with van der Waals surface area (Å²) < 4.78 is 0. The standard InChI is InChI=1S/C27H46ClNO/c1-18(2)8-6-9-19(3)21-11-12-22-20-10-13-24-26(5,15-7-16-27(24,28)29-30)23(20)14-17-25(21,22)4/h18-24H,6-17H2,1-5H3/t19-,20+,21+,22-,23+,24-,25+,26-,27+/m1/s1. The third-order valence-corrected chi connectivity index (χ3v) is 11.5. The lowest BCUT2D eigenvalue weighted by Crippen LogP contribution is -2.57. The van der Waals surface area contributed by atoms with Crippen molar-refractivity contribution in [3.05, 3.63) is 4.91 Å². The molecule has 2 nitrogen and oxygen atoms in total. The van der Waals surface area contributed by atoms with Gasteiger partial charge in [-0.15, -0.1) is 4.91 Å². The average Bonchev–Trinajstić information content (AvgIpc) is 3.05. The first-order valence-corrected chi connectivity index (χ1v) is 13.6. The first-order valence-electron chi connectivity index (χ1n) is 13.2. The van der Waals surface area contributed by atoms with Gasteiger partial charge < -0.3 is 0 Å². The minimum absolute atomic E-state index is 0.221. The number of rotatable bonds is 6. The molecule has 4 fully saturated rings. The second-order valence-corrected chi connectivity index (χ2v) is 13.5. The molecule has 0 aliphatic heterocycles. The quantitative estimate of drug-likeness (QED) is 0.232. The Bertz CT molecular complexity index is 636. The van der Waals surface area contributed by atoms with Crippen LogP contribution in [0, 0.1) is 57.2 Å². The highest BCUT2D eigenvalue weighted by molar-refractivity contribution is 6.24. The van der Waals surface area contributed by atoms with Crippen LogP contribution in [-0.2, 0) is 0 Å². The largest absolute Gasteiger partial charge is 0.178 e. The Hall–Kier alpha value is -0.110. The maximum atomic E-state index is 11.7. The molecule has 4 rings (SSSR count). The monoisotopic (exact) mass is 435 g/mol. The van der Waals surface area contributed by atoms with Crippen molar-refractivity contribution in [2.75, 3.05) is 0 Å². The van der Waals surface area contributed by atoms with E-state index in [1.54, 1.807) is 0 Å². The van der Waals surface area contributed by atoms with Crippen molar-refractivity contribution in [3.8, 4) is 0 Å². The lowest BCUT2D eigenvalue weighted by molar-refractivity contribution is -0.123. The zero-order valence-corrected chi connectivity index (χ0v) is 21.0. The zero-order chi connectivity index (χ0) is 21.7. The van der Waals surface area contributed by atoms with E-state index in [9.17, 15) is 4.91 Å². The maximum Gasteiger partial charge on any atom is 0.178 e. The lowest BCUT2D eigenvalue weighted by atomic mass is 9.44. The van der Waals surface area contributed by atoms with Crippen molar-refractivity contribution < 1.29 is 0 Å². The van der Waals surface area contributed by atoms with E-state index in [0.717, 1.165) is 54.8 Å². The summed E-state index contributed by atoms with van der Waals surface area (Å²) in [7, 11) is 0. The van der Waals surface area contributed by atoms with Gasteiger partial charge in [0.25, 0.3) is 0 Å². The van der Waals surface area contributed by atoms with Gasteiger partial charge in [-0.05, 0) is 109 Å². The predicted octanol–water partition coefficient (Wildman–Crippen LogP) is 8.81. The fourth-order valence-corrected chi connectivity index (χ4v) is 10.1. The van der Waals surface area contributed by atoms with E-state index in [1.807, 2.05) is 0 Å². The molecule has 0 spiro atoms. The molecule has 30 heavy (non-hydrogen) atoms. The Labute approximate surface area is 190 Å². The molecule has 4 saturated carbocycles. The Morgan fingerprint density at radius 1 is 0.900 bits per heavy atom. The third-order valence-electron chi connectivity index (χ3n) is 11.0. The molecule has 0 aromatic carbocycles. The van der Waals surface area contributed by atoms with Crippen LogP contribution in [0.2, 0.25) is 0 Å². The minimum atomic E-state index is -0.831. The van der Waals surface area contributed by atoms with Crippen molar-refractivity contribution in [2.45, 2.75) is 117 Å². The van der Waals surface area contributed by atoms with Crippen molar-refractivity contribution in [2.24, 2.45) is 57.4 Å². The van der Waals surface area contributed by atoms with Crippen LogP contribution in [0.3, 0.4) is 0 Å². The van der Waals surface area contributed by atoms with Gasteiger partial charge in [-0.3, -0.25) is 0 Å². The summed E-state index contributed by atoms with van der Waals surface area (Å²) in [5.74, 6) is 5.40. The van der Waals surface area contributed by atoms with Gasteiger partial charge in [0, 0.05) is 5.92 Å². The van der Waals surface area contributed by atoms with Crippen LogP contribution in [0.1, 0.15) is 112 Å². The van der Waals surface area contributed by atoms with E-state index in [4.69, 9.17) is 11.6 Å². The predicted molar refractivity (Wildman–Crippen MR) is 127 cm³/mol. The molecule has 0 bridgehead atoms. The van der Waals surface area contributed by atoms with Gasteiger partial charge in [-0.1, -0.05) is 65.5 Å². The van der Waals surface area contributed by atoms with Crippen LogP contribution in [0.25, 0.3) is 0 Å². The SMILES string of the molecule is CC(C)CCC[C@@H](C)[C@@H]1CC[C@@H]2[C@@H]3CC[C@@H]4[C@](C)(CCC[C@]4(Cl)N=O)[C@H]3CC[C@]21C. The molecule has 3 heteroatoms. The Balaban J connectivity index is 1.50. The van der Waals surface area contributed by atoms with E-state index in [1.165, 1.54) is 57.8 Å². The molecular formula is C27H46ClNO. The van der Waals surface area contributed by atoms with Crippen LogP contribution in [0.15, 0.2) is 5.18 Å². The topological polar surface area (TPSA) is 29.4 Å². The molecule has 0 unspecified atom stereocenters. The highest BCUT2D eigenvalue weighted by Gasteiger charge is 2.63. The number of hydrogen-bond acceptors (Lipinski definition) is 2. The molecule has 0 aromatic heterocycles. The first-order chi connectivity index (χ1) is 14.2. The van der Waals surface area contributed by atoms with Crippen LogP contribution in [0.4, 0.5) is 0 Å². The molecule has 0 amide bonds. The molecule has 4 aliphatic carbocycles. The maximum absolute atomic E-state index is 11.7. The van der Waals surface area contributed by atoms with Gasteiger partial charge >= 0.3 is 0 Å². The molecule has 0 radical (unpaired) electrons. The smallest absolute Gasteiger partial charge is 0.149 e. The van der Waals surface area contributed by atoms with Crippen molar-refractivity contribution in [1.29, 1.82) is 0 Å². The van der Waals surface area contributed by atoms with Crippen molar-refractivity contribution in [3.63, 3.8) is 0 Å². The van der Waals surface area contributed by atoms with Gasteiger partial charge in [0.15, 0.2) is 5.00 Å². The highest BCUT2D eigenvalue weighted by Crippen LogP contribution is 2.70. The summed E-state index contributed by atoms with van der Waals surface area (Å²) in [4.78, 5) is 10.9. The number of nitroso groups, excluding NO2 is 1. The zero-order valence-electron chi connectivity index (χ0n) is 20.3. The van der Waals surface area contributed by atoms with E-state index < -0.39 is 5.00 Å². The number of fused-ring (bicyclic) bond motifs is 5. The molecule has 9 atom stereocenters. The van der Waals surface area contributed by atoms with Crippen LogP contribution in [0.5, 0.6) is 0 Å². The number of alkyl halides is 1. The summed E-state index contributed by atoms with van der Waals surface area (Å²) in [5, 5.41) is 3.52. The fraction of sp³-hybridized carbons (Fsp3) is 1.00. The van der Waals surface area contributed by atoms with Gasteiger partial charge in [0.2, 0.25) is 0 Å². The van der Waals surface area contributed by atoms with Gasteiger partial charge in [-0.2, -0.15) is 0 Å². The van der Waals surface area contributed by atoms with Gasteiger partial charge in [0.1, 0.15) is 0 Å². The van der Waals surface area contributed by atoms with Crippen LogP contribution in [-0.4, -0.2) is 5.00 Å².